The Morgan fingerprint density at radius 1 is 1.04 bits per heavy atom. The van der Waals surface area contributed by atoms with Gasteiger partial charge in [-0.25, -0.2) is 0 Å². The van der Waals surface area contributed by atoms with Crippen LogP contribution in [0.3, 0.4) is 0 Å². The molecule has 3 nitrogen and oxygen atoms in total. The zero-order valence-electron chi connectivity index (χ0n) is 13.4. The first-order valence-electron chi connectivity index (χ1n) is 8.31. The lowest BCUT2D eigenvalue weighted by Crippen LogP contribution is -2.03. The standard InChI is InChI=1S/C19H21N3S/c1-22-18(15-8-2-3-9-15)20-21-19(22)23-13-16-11-6-10-14-7-4-5-12-17(14)16/h4-7,10-12,15H,2-3,8-9,13H2,1H3. The normalized spacial score (nSPS) is 15.5. The Morgan fingerprint density at radius 3 is 2.70 bits per heavy atom. The van der Waals surface area contributed by atoms with E-state index in [9.17, 15) is 0 Å². The third-order valence-electron chi connectivity index (χ3n) is 4.83. The minimum atomic E-state index is 0.611. The number of fused-ring (bicyclic) bond motifs is 1. The average Bonchev–Trinajstić information content (AvgIpc) is 3.23. The number of rotatable bonds is 4. The predicted octanol–water partition coefficient (Wildman–Crippen LogP) is 4.92. The van der Waals surface area contributed by atoms with E-state index in [-0.39, 0.29) is 0 Å². The fraction of sp³-hybridized carbons (Fsp3) is 0.368. The molecule has 1 fully saturated rings. The molecule has 0 atom stereocenters. The molecule has 1 saturated carbocycles. The summed E-state index contributed by atoms with van der Waals surface area (Å²) >= 11 is 1.78. The first-order chi connectivity index (χ1) is 11.3. The average molecular weight is 323 g/mol. The van der Waals surface area contributed by atoms with Crippen LogP contribution in [0.25, 0.3) is 10.8 Å². The molecule has 4 rings (SSSR count). The predicted molar refractivity (Wildman–Crippen MR) is 95.7 cm³/mol. The summed E-state index contributed by atoms with van der Waals surface area (Å²) in [4.78, 5) is 0. The van der Waals surface area contributed by atoms with Crippen molar-refractivity contribution in [3.63, 3.8) is 0 Å². The zero-order chi connectivity index (χ0) is 15.6. The van der Waals surface area contributed by atoms with Crippen molar-refractivity contribution >= 4 is 22.5 Å². The Hall–Kier alpha value is -1.81. The maximum Gasteiger partial charge on any atom is 0.191 e. The van der Waals surface area contributed by atoms with Gasteiger partial charge in [0, 0.05) is 18.7 Å². The molecule has 118 valence electrons. The molecule has 2 aromatic carbocycles. The molecule has 0 bridgehead atoms. The van der Waals surface area contributed by atoms with Crippen LogP contribution in [-0.4, -0.2) is 14.8 Å². The van der Waals surface area contributed by atoms with Crippen LogP contribution in [0.2, 0.25) is 0 Å². The van der Waals surface area contributed by atoms with Gasteiger partial charge in [0.2, 0.25) is 0 Å². The molecular formula is C19H21N3S. The Morgan fingerprint density at radius 2 is 1.83 bits per heavy atom. The monoisotopic (exact) mass is 323 g/mol. The maximum absolute atomic E-state index is 4.46. The van der Waals surface area contributed by atoms with Crippen LogP contribution in [0.4, 0.5) is 0 Å². The van der Waals surface area contributed by atoms with Crippen molar-refractivity contribution in [3.05, 3.63) is 53.9 Å². The summed E-state index contributed by atoms with van der Waals surface area (Å²) in [5, 5.41) is 12.6. The summed E-state index contributed by atoms with van der Waals surface area (Å²) in [6.45, 7) is 0. The maximum atomic E-state index is 4.46. The molecule has 1 aliphatic rings. The summed E-state index contributed by atoms with van der Waals surface area (Å²) in [5.41, 5.74) is 1.36. The molecule has 1 heterocycles. The SMILES string of the molecule is Cn1c(SCc2cccc3ccccc23)nnc1C1CCCC1. The van der Waals surface area contributed by atoms with E-state index in [1.54, 1.807) is 11.8 Å². The van der Waals surface area contributed by atoms with E-state index in [1.165, 1.54) is 47.8 Å². The topological polar surface area (TPSA) is 30.7 Å². The lowest BCUT2D eigenvalue weighted by molar-refractivity contribution is 0.616. The molecule has 1 aliphatic carbocycles. The summed E-state index contributed by atoms with van der Waals surface area (Å²) in [6, 6.07) is 15.1. The van der Waals surface area contributed by atoms with E-state index in [1.807, 2.05) is 0 Å². The van der Waals surface area contributed by atoms with Crippen molar-refractivity contribution in [1.29, 1.82) is 0 Å². The molecule has 0 saturated heterocycles. The quantitative estimate of drug-likeness (QED) is 0.639. The highest BCUT2D eigenvalue weighted by Gasteiger charge is 2.23. The van der Waals surface area contributed by atoms with Crippen LogP contribution >= 0.6 is 11.8 Å². The molecule has 4 heteroatoms. The van der Waals surface area contributed by atoms with E-state index >= 15 is 0 Å². The van der Waals surface area contributed by atoms with E-state index in [0.29, 0.717) is 5.92 Å². The Bertz CT molecular complexity index is 813. The lowest BCUT2D eigenvalue weighted by Gasteiger charge is -2.09. The van der Waals surface area contributed by atoms with Gasteiger partial charge in [0.15, 0.2) is 5.16 Å². The molecule has 0 aliphatic heterocycles. The number of nitrogens with zero attached hydrogens (tertiary/aromatic N) is 3. The van der Waals surface area contributed by atoms with Crippen LogP contribution < -0.4 is 0 Å². The molecule has 0 amide bonds. The van der Waals surface area contributed by atoms with Gasteiger partial charge in [0.05, 0.1) is 0 Å². The third kappa shape index (κ3) is 2.88. The third-order valence-corrected chi connectivity index (χ3v) is 5.89. The van der Waals surface area contributed by atoms with Crippen LogP contribution in [0, 0.1) is 0 Å². The lowest BCUT2D eigenvalue weighted by atomic mass is 10.1. The van der Waals surface area contributed by atoms with Crippen LogP contribution in [-0.2, 0) is 12.8 Å². The van der Waals surface area contributed by atoms with Crippen LogP contribution in [0.1, 0.15) is 43.0 Å². The number of thioether (sulfide) groups is 1. The molecular weight excluding hydrogens is 302 g/mol. The van der Waals surface area contributed by atoms with E-state index < -0.39 is 0 Å². The van der Waals surface area contributed by atoms with Gasteiger partial charge >= 0.3 is 0 Å². The van der Waals surface area contributed by atoms with E-state index in [2.05, 4.69) is 64.3 Å². The van der Waals surface area contributed by atoms with Crippen molar-refractivity contribution in [2.75, 3.05) is 0 Å². The molecule has 0 radical (unpaired) electrons. The number of aromatic nitrogens is 3. The Kier molecular flexibility index (Phi) is 4.08. The fourth-order valence-electron chi connectivity index (χ4n) is 3.55. The highest BCUT2D eigenvalue weighted by atomic mass is 32.2. The molecule has 23 heavy (non-hydrogen) atoms. The van der Waals surface area contributed by atoms with Crippen molar-refractivity contribution in [1.82, 2.24) is 14.8 Å². The number of hydrogen-bond donors (Lipinski definition) is 0. The van der Waals surface area contributed by atoms with Crippen LogP contribution in [0.5, 0.6) is 0 Å². The Balaban J connectivity index is 1.54. The molecule has 0 N–H and O–H groups in total. The van der Waals surface area contributed by atoms with Crippen molar-refractivity contribution in [2.24, 2.45) is 7.05 Å². The van der Waals surface area contributed by atoms with E-state index in [0.717, 1.165) is 10.9 Å². The van der Waals surface area contributed by atoms with Gasteiger partial charge in [-0.15, -0.1) is 10.2 Å². The van der Waals surface area contributed by atoms with E-state index in [4.69, 9.17) is 0 Å². The van der Waals surface area contributed by atoms with Crippen molar-refractivity contribution < 1.29 is 0 Å². The second kappa shape index (κ2) is 6.36. The molecule has 0 spiro atoms. The van der Waals surface area contributed by atoms with Crippen LogP contribution in [0.15, 0.2) is 47.6 Å². The first-order valence-corrected chi connectivity index (χ1v) is 9.30. The smallest absolute Gasteiger partial charge is 0.191 e. The first kappa shape index (κ1) is 14.8. The largest absolute Gasteiger partial charge is 0.309 e. The second-order valence-corrected chi connectivity index (χ2v) is 7.25. The highest BCUT2D eigenvalue weighted by molar-refractivity contribution is 7.98. The molecule has 3 aromatic rings. The second-order valence-electron chi connectivity index (χ2n) is 6.31. The molecule has 1 aromatic heterocycles. The van der Waals surface area contributed by atoms with Crippen molar-refractivity contribution in [2.45, 2.75) is 42.5 Å². The summed E-state index contributed by atoms with van der Waals surface area (Å²) in [7, 11) is 2.11. The van der Waals surface area contributed by atoms with Gasteiger partial charge in [-0.1, -0.05) is 67.1 Å². The Labute approximate surface area is 141 Å². The van der Waals surface area contributed by atoms with Gasteiger partial charge in [0.1, 0.15) is 5.82 Å². The van der Waals surface area contributed by atoms with Crippen molar-refractivity contribution in [3.8, 4) is 0 Å². The van der Waals surface area contributed by atoms with Gasteiger partial charge in [0.25, 0.3) is 0 Å². The number of hydrogen-bond acceptors (Lipinski definition) is 3. The zero-order valence-corrected chi connectivity index (χ0v) is 14.2. The highest BCUT2D eigenvalue weighted by Crippen LogP contribution is 2.34. The van der Waals surface area contributed by atoms with Gasteiger partial charge in [-0.3, -0.25) is 0 Å². The van der Waals surface area contributed by atoms with Gasteiger partial charge in [-0.05, 0) is 29.2 Å². The minimum Gasteiger partial charge on any atom is -0.309 e. The minimum absolute atomic E-state index is 0.611. The summed E-state index contributed by atoms with van der Waals surface area (Å²) < 4.78 is 2.20. The fourth-order valence-corrected chi connectivity index (χ4v) is 4.47. The molecule has 0 unspecified atom stereocenters. The summed E-state index contributed by atoms with van der Waals surface area (Å²) in [5.74, 6) is 2.71. The number of benzene rings is 2. The van der Waals surface area contributed by atoms with Gasteiger partial charge in [-0.2, -0.15) is 0 Å². The summed E-state index contributed by atoms with van der Waals surface area (Å²) in [6.07, 6.45) is 5.19. The van der Waals surface area contributed by atoms with Gasteiger partial charge < -0.3 is 4.57 Å².